The summed E-state index contributed by atoms with van der Waals surface area (Å²) < 4.78 is 25.2. The highest BCUT2D eigenvalue weighted by Crippen LogP contribution is 2.24. The van der Waals surface area contributed by atoms with E-state index in [1.807, 2.05) is 0 Å². The van der Waals surface area contributed by atoms with Crippen molar-refractivity contribution >= 4 is 16.0 Å². The van der Waals surface area contributed by atoms with Crippen LogP contribution in [-0.2, 0) is 14.8 Å². The summed E-state index contributed by atoms with van der Waals surface area (Å²) in [5, 5.41) is 16.4. The SMILES string of the molecule is CC(C(=O)O)S(=O)(=O)NCC1CCC(O)C1. The molecule has 0 heterocycles. The number of hydrogen-bond acceptors (Lipinski definition) is 4. The molecule has 3 N–H and O–H groups in total. The van der Waals surface area contributed by atoms with Crippen LogP contribution in [-0.4, -0.2) is 42.5 Å². The molecule has 3 unspecified atom stereocenters. The lowest BCUT2D eigenvalue weighted by molar-refractivity contribution is -0.136. The predicted molar refractivity (Wildman–Crippen MR) is 57.4 cm³/mol. The maximum absolute atomic E-state index is 11.5. The standard InChI is InChI=1S/C9H17NO5S/c1-6(9(12)13)16(14,15)10-5-7-2-3-8(11)4-7/h6-8,10-11H,2-5H2,1H3,(H,12,13). The molecule has 3 atom stereocenters. The van der Waals surface area contributed by atoms with Crippen LogP contribution in [0.2, 0.25) is 0 Å². The fourth-order valence-corrected chi connectivity index (χ4v) is 2.71. The number of aliphatic hydroxyl groups excluding tert-OH is 1. The van der Waals surface area contributed by atoms with Gasteiger partial charge in [0.1, 0.15) is 0 Å². The highest BCUT2D eigenvalue weighted by molar-refractivity contribution is 7.90. The van der Waals surface area contributed by atoms with Gasteiger partial charge in [0.05, 0.1) is 6.10 Å². The Bertz CT molecular complexity index is 353. The van der Waals surface area contributed by atoms with Crippen molar-refractivity contribution in [3.05, 3.63) is 0 Å². The Morgan fingerprint density at radius 1 is 1.50 bits per heavy atom. The van der Waals surface area contributed by atoms with Crippen molar-refractivity contribution in [2.24, 2.45) is 5.92 Å². The first-order valence-corrected chi connectivity index (χ1v) is 6.77. The van der Waals surface area contributed by atoms with E-state index >= 15 is 0 Å². The van der Waals surface area contributed by atoms with E-state index in [0.717, 1.165) is 13.3 Å². The molecule has 0 spiro atoms. The van der Waals surface area contributed by atoms with Crippen LogP contribution in [0.3, 0.4) is 0 Å². The van der Waals surface area contributed by atoms with E-state index in [0.29, 0.717) is 12.8 Å². The summed E-state index contributed by atoms with van der Waals surface area (Å²) in [6, 6.07) is 0. The molecule has 0 radical (unpaired) electrons. The Morgan fingerprint density at radius 3 is 2.56 bits per heavy atom. The molecule has 0 aliphatic heterocycles. The van der Waals surface area contributed by atoms with E-state index in [2.05, 4.69) is 4.72 Å². The molecule has 0 aromatic rings. The Labute approximate surface area is 94.7 Å². The van der Waals surface area contributed by atoms with Gasteiger partial charge in [-0.15, -0.1) is 0 Å². The second-order valence-electron chi connectivity index (χ2n) is 4.21. The summed E-state index contributed by atoms with van der Waals surface area (Å²) in [6.07, 6.45) is 1.67. The first-order chi connectivity index (χ1) is 7.33. The van der Waals surface area contributed by atoms with Crippen LogP contribution in [0, 0.1) is 5.92 Å². The largest absolute Gasteiger partial charge is 0.480 e. The van der Waals surface area contributed by atoms with Crippen LogP contribution in [0.25, 0.3) is 0 Å². The molecular weight excluding hydrogens is 234 g/mol. The van der Waals surface area contributed by atoms with Gasteiger partial charge in [-0.2, -0.15) is 0 Å². The number of nitrogens with one attached hydrogen (secondary N) is 1. The summed E-state index contributed by atoms with van der Waals surface area (Å²) in [4.78, 5) is 10.5. The molecule has 6 nitrogen and oxygen atoms in total. The molecule has 0 saturated heterocycles. The van der Waals surface area contributed by atoms with Gasteiger partial charge < -0.3 is 10.2 Å². The number of carboxylic acids is 1. The van der Waals surface area contributed by atoms with Crippen molar-refractivity contribution in [2.45, 2.75) is 37.5 Å². The summed E-state index contributed by atoms with van der Waals surface area (Å²) in [5.74, 6) is -1.26. The maximum atomic E-state index is 11.5. The van der Waals surface area contributed by atoms with E-state index in [1.54, 1.807) is 0 Å². The summed E-state index contributed by atoms with van der Waals surface area (Å²) in [5.41, 5.74) is 0. The van der Waals surface area contributed by atoms with Crippen molar-refractivity contribution in [1.29, 1.82) is 0 Å². The zero-order chi connectivity index (χ0) is 12.3. The molecule has 94 valence electrons. The number of rotatable bonds is 5. The fraction of sp³-hybridized carbons (Fsp3) is 0.889. The Balaban J connectivity index is 2.45. The van der Waals surface area contributed by atoms with Crippen molar-refractivity contribution in [1.82, 2.24) is 4.72 Å². The third kappa shape index (κ3) is 3.43. The van der Waals surface area contributed by atoms with Gasteiger partial charge in [0, 0.05) is 6.54 Å². The summed E-state index contributed by atoms with van der Waals surface area (Å²) in [7, 11) is -3.80. The van der Waals surface area contributed by atoms with Gasteiger partial charge in [-0.3, -0.25) is 4.79 Å². The van der Waals surface area contributed by atoms with Gasteiger partial charge in [-0.25, -0.2) is 13.1 Å². The van der Waals surface area contributed by atoms with E-state index in [-0.39, 0.29) is 18.6 Å². The monoisotopic (exact) mass is 251 g/mol. The topological polar surface area (TPSA) is 104 Å². The molecule has 0 aromatic carbocycles. The highest BCUT2D eigenvalue weighted by Gasteiger charge is 2.29. The summed E-state index contributed by atoms with van der Waals surface area (Å²) >= 11 is 0. The number of aliphatic hydroxyl groups is 1. The first kappa shape index (κ1) is 13.4. The van der Waals surface area contributed by atoms with Gasteiger partial charge >= 0.3 is 5.97 Å². The van der Waals surface area contributed by atoms with Crippen molar-refractivity contribution in [3.63, 3.8) is 0 Å². The molecular formula is C9H17NO5S. The number of carbonyl (C=O) groups is 1. The smallest absolute Gasteiger partial charge is 0.323 e. The average molecular weight is 251 g/mol. The maximum Gasteiger partial charge on any atom is 0.323 e. The van der Waals surface area contributed by atoms with Crippen LogP contribution in [0.5, 0.6) is 0 Å². The molecule has 7 heteroatoms. The lowest BCUT2D eigenvalue weighted by Gasteiger charge is -2.13. The van der Waals surface area contributed by atoms with Crippen molar-refractivity contribution in [2.75, 3.05) is 6.54 Å². The summed E-state index contributed by atoms with van der Waals surface area (Å²) in [6.45, 7) is 1.34. The molecule has 1 aliphatic rings. The van der Waals surface area contributed by atoms with Crippen LogP contribution in [0.1, 0.15) is 26.2 Å². The van der Waals surface area contributed by atoms with Gasteiger partial charge in [0.2, 0.25) is 10.0 Å². The van der Waals surface area contributed by atoms with Gasteiger partial charge in [-0.1, -0.05) is 0 Å². The molecule has 1 saturated carbocycles. The first-order valence-electron chi connectivity index (χ1n) is 5.22. The van der Waals surface area contributed by atoms with Gasteiger partial charge in [0.25, 0.3) is 0 Å². The Kier molecular flexibility index (Phi) is 4.28. The molecule has 0 bridgehead atoms. The Morgan fingerprint density at radius 2 is 2.12 bits per heavy atom. The average Bonchev–Trinajstić information content (AvgIpc) is 2.60. The lowest BCUT2D eigenvalue weighted by Crippen LogP contribution is -2.39. The fourth-order valence-electron chi connectivity index (χ4n) is 1.73. The zero-order valence-corrected chi connectivity index (χ0v) is 9.90. The molecule has 16 heavy (non-hydrogen) atoms. The molecule has 0 aromatic heterocycles. The number of aliphatic carboxylic acids is 1. The zero-order valence-electron chi connectivity index (χ0n) is 9.09. The van der Waals surface area contributed by atoms with Crippen LogP contribution >= 0.6 is 0 Å². The third-order valence-corrected chi connectivity index (χ3v) is 4.60. The van der Waals surface area contributed by atoms with Gasteiger partial charge in [0.15, 0.2) is 5.25 Å². The van der Waals surface area contributed by atoms with Crippen LogP contribution < -0.4 is 4.72 Å². The number of sulfonamides is 1. The highest BCUT2D eigenvalue weighted by atomic mass is 32.2. The minimum absolute atomic E-state index is 0.103. The van der Waals surface area contributed by atoms with E-state index in [9.17, 15) is 18.3 Å². The Hall–Kier alpha value is -0.660. The van der Waals surface area contributed by atoms with Crippen LogP contribution in [0.4, 0.5) is 0 Å². The van der Waals surface area contributed by atoms with Crippen molar-refractivity contribution < 1.29 is 23.4 Å². The normalized spacial score (nSPS) is 27.9. The van der Waals surface area contributed by atoms with E-state index in [4.69, 9.17) is 5.11 Å². The second kappa shape index (κ2) is 5.11. The molecule has 0 amide bonds. The van der Waals surface area contributed by atoms with Crippen molar-refractivity contribution in [3.8, 4) is 0 Å². The van der Waals surface area contributed by atoms with Crippen LogP contribution in [0.15, 0.2) is 0 Å². The lowest BCUT2D eigenvalue weighted by atomic mass is 10.1. The molecule has 1 aliphatic carbocycles. The quantitative estimate of drug-likeness (QED) is 0.613. The minimum Gasteiger partial charge on any atom is -0.480 e. The predicted octanol–water partition coefficient (Wildman–Crippen LogP) is -0.460. The molecule has 1 fully saturated rings. The minimum atomic E-state index is -3.80. The van der Waals surface area contributed by atoms with Gasteiger partial charge in [-0.05, 0) is 32.1 Å². The van der Waals surface area contributed by atoms with E-state index in [1.165, 1.54) is 0 Å². The number of hydrogen-bond donors (Lipinski definition) is 3. The second-order valence-corrected chi connectivity index (χ2v) is 6.29. The third-order valence-electron chi connectivity index (χ3n) is 2.90. The van der Waals surface area contributed by atoms with E-state index < -0.39 is 21.2 Å². The number of carboxylic acid groups (broad SMARTS) is 1. The molecule has 1 rings (SSSR count).